The van der Waals surface area contributed by atoms with Crippen molar-refractivity contribution < 1.29 is 14.6 Å². The molecule has 2 aliphatic heterocycles. The Morgan fingerprint density at radius 1 is 1.48 bits per heavy atom. The number of methoxy groups -OCH3 is 1. The highest BCUT2D eigenvalue weighted by Crippen LogP contribution is 2.24. The van der Waals surface area contributed by atoms with Gasteiger partial charge >= 0.3 is 0 Å². The molecule has 1 aromatic carbocycles. The van der Waals surface area contributed by atoms with E-state index in [-0.39, 0.29) is 6.10 Å². The summed E-state index contributed by atoms with van der Waals surface area (Å²) in [5, 5.41) is 13.2. The SMILES string of the molecule is COc1ccc(O)c(CNCC2CN3CCCC3CO2)c1. The first kappa shape index (κ1) is 14.6. The lowest BCUT2D eigenvalue weighted by molar-refractivity contribution is -0.0470. The molecule has 0 amide bonds. The van der Waals surface area contributed by atoms with Crippen LogP contribution < -0.4 is 10.1 Å². The molecule has 21 heavy (non-hydrogen) atoms. The molecule has 5 nitrogen and oxygen atoms in total. The fourth-order valence-corrected chi connectivity index (χ4v) is 3.21. The molecule has 2 saturated heterocycles. The topological polar surface area (TPSA) is 54.0 Å². The second-order valence-corrected chi connectivity index (χ2v) is 5.87. The molecule has 2 atom stereocenters. The minimum atomic E-state index is 0.243. The van der Waals surface area contributed by atoms with E-state index >= 15 is 0 Å². The van der Waals surface area contributed by atoms with Crippen molar-refractivity contribution in [3.05, 3.63) is 23.8 Å². The van der Waals surface area contributed by atoms with Crippen molar-refractivity contribution >= 4 is 0 Å². The number of morpholine rings is 1. The zero-order chi connectivity index (χ0) is 14.7. The van der Waals surface area contributed by atoms with Gasteiger partial charge in [-0.25, -0.2) is 0 Å². The Morgan fingerprint density at radius 3 is 3.24 bits per heavy atom. The minimum absolute atomic E-state index is 0.243. The molecule has 2 heterocycles. The van der Waals surface area contributed by atoms with Gasteiger partial charge in [-0.15, -0.1) is 0 Å². The number of phenolic OH excluding ortho intramolecular Hbond substituents is 1. The second kappa shape index (κ2) is 6.64. The van der Waals surface area contributed by atoms with E-state index in [0.29, 0.717) is 18.3 Å². The molecular formula is C16H24N2O3. The fraction of sp³-hybridized carbons (Fsp3) is 0.625. The van der Waals surface area contributed by atoms with Crippen LogP contribution in [0.2, 0.25) is 0 Å². The van der Waals surface area contributed by atoms with Gasteiger partial charge in [0.25, 0.3) is 0 Å². The van der Waals surface area contributed by atoms with Crippen molar-refractivity contribution in [2.45, 2.75) is 31.5 Å². The van der Waals surface area contributed by atoms with Crippen molar-refractivity contribution in [1.82, 2.24) is 10.2 Å². The Morgan fingerprint density at radius 2 is 2.38 bits per heavy atom. The number of fused-ring (bicyclic) bond motifs is 1. The van der Waals surface area contributed by atoms with E-state index < -0.39 is 0 Å². The van der Waals surface area contributed by atoms with E-state index in [4.69, 9.17) is 9.47 Å². The normalized spacial score (nSPS) is 25.8. The lowest BCUT2D eigenvalue weighted by Gasteiger charge is -2.35. The van der Waals surface area contributed by atoms with Gasteiger partial charge in [0.05, 0.1) is 19.8 Å². The molecule has 0 saturated carbocycles. The zero-order valence-corrected chi connectivity index (χ0v) is 12.5. The summed E-state index contributed by atoms with van der Waals surface area (Å²) in [5.74, 6) is 1.06. The second-order valence-electron chi connectivity index (χ2n) is 5.87. The van der Waals surface area contributed by atoms with Crippen molar-refractivity contribution in [3.63, 3.8) is 0 Å². The summed E-state index contributed by atoms with van der Waals surface area (Å²) in [6.07, 6.45) is 2.82. The van der Waals surface area contributed by atoms with Crippen molar-refractivity contribution in [1.29, 1.82) is 0 Å². The average Bonchev–Trinajstić information content (AvgIpc) is 2.97. The smallest absolute Gasteiger partial charge is 0.120 e. The summed E-state index contributed by atoms with van der Waals surface area (Å²) in [6.45, 7) is 4.51. The molecule has 2 N–H and O–H groups in total. The van der Waals surface area contributed by atoms with E-state index in [1.165, 1.54) is 19.4 Å². The van der Waals surface area contributed by atoms with Crippen LogP contribution in [0.3, 0.4) is 0 Å². The lowest BCUT2D eigenvalue weighted by Crippen LogP contribution is -2.49. The van der Waals surface area contributed by atoms with Gasteiger partial charge < -0.3 is 19.9 Å². The van der Waals surface area contributed by atoms with Crippen LogP contribution in [0, 0.1) is 0 Å². The Labute approximate surface area is 125 Å². The first-order valence-corrected chi connectivity index (χ1v) is 7.68. The molecule has 0 bridgehead atoms. The van der Waals surface area contributed by atoms with Crippen LogP contribution in [-0.2, 0) is 11.3 Å². The third-order valence-electron chi connectivity index (χ3n) is 4.44. The number of aromatic hydroxyl groups is 1. The predicted octanol–water partition coefficient (Wildman–Crippen LogP) is 1.35. The molecular weight excluding hydrogens is 268 g/mol. The standard InChI is InChI=1S/C16H24N2O3/c1-20-14-4-5-16(19)12(7-14)8-17-9-15-10-18-6-2-3-13(18)11-21-15/h4-5,7,13,15,17,19H,2-3,6,8-11H2,1H3. The molecule has 2 unspecified atom stereocenters. The molecule has 0 aromatic heterocycles. The van der Waals surface area contributed by atoms with Gasteiger partial charge in [0.15, 0.2) is 0 Å². The van der Waals surface area contributed by atoms with E-state index in [9.17, 15) is 5.11 Å². The van der Waals surface area contributed by atoms with Crippen LogP contribution in [0.1, 0.15) is 18.4 Å². The number of phenols is 1. The van der Waals surface area contributed by atoms with Gasteiger partial charge in [-0.2, -0.15) is 0 Å². The number of benzene rings is 1. The van der Waals surface area contributed by atoms with E-state index in [2.05, 4.69) is 10.2 Å². The third-order valence-corrected chi connectivity index (χ3v) is 4.44. The summed E-state index contributed by atoms with van der Waals surface area (Å²) in [7, 11) is 1.63. The van der Waals surface area contributed by atoms with Crippen LogP contribution in [0.15, 0.2) is 18.2 Å². The van der Waals surface area contributed by atoms with Gasteiger partial charge in [0.2, 0.25) is 0 Å². The maximum atomic E-state index is 9.86. The largest absolute Gasteiger partial charge is 0.508 e. The summed E-state index contributed by atoms with van der Waals surface area (Å²) in [6, 6.07) is 5.93. The summed E-state index contributed by atoms with van der Waals surface area (Å²) in [4.78, 5) is 2.54. The maximum absolute atomic E-state index is 9.86. The number of ether oxygens (including phenoxy) is 2. The van der Waals surface area contributed by atoms with Crippen LogP contribution in [0.4, 0.5) is 0 Å². The van der Waals surface area contributed by atoms with Crippen molar-refractivity contribution in [2.24, 2.45) is 0 Å². The van der Waals surface area contributed by atoms with Gasteiger partial charge in [0, 0.05) is 31.2 Å². The highest BCUT2D eigenvalue weighted by Gasteiger charge is 2.31. The Bertz CT molecular complexity index is 481. The molecule has 3 rings (SSSR count). The molecule has 0 aliphatic carbocycles. The number of rotatable bonds is 5. The van der Waals surface area contributed by atoms with Crippen LogP contribution >= 0.6 is 0 Å². The van der Waals surface area contributed by atoms with E-state index in [1.54, 1.807) is 19.2 Å². The number of nitrogens with one attached hydrogen (secondary N) is 1. The predicted molar refractivity (Wildman–Crippen MR) is 80.7 cm³/mol. The van der Waals surface area contributed by atoms with Gasteiger partial charge in [-0.1, -0.05) is 0 Å². The molecule has 116 valence electrons. The van der Waals surface area contributed by atoms with Gasteiger partial charge in [-0.05, 0) is 37.6 Å². The summed E-state index contributed by atoms with van der Waals surface area (Å²) in [5.41, 5.74) is 0.851. The van der Waals surface area contributed by atoms with Crippen LogP contribution in [-0.4, -0.2) is 55.5 Å². The summed E-state index contributed by atoms with van der Waals surface area (Å²) < 4.78 is 11.1. The molecule has 2 aliphatic rings. The van der Waals surface area contributed by atoms with E-state index in [1.807, 2.05) is 6.07 Å². The summed E-state index contributed by atoms with van der Waals surface area (Å²) >= 11 is 0. The highest BCUT2D eigenvalue weighted by molar-refractivity contribution is 5.39. The molecule has 0 radical (unpaired) electrons. The van der Waals surface area contributed by atoms with Crippen molar-refractivity contribution in [3.8, 4) is 11.5 Å². The number of nitrogens with zero attached hydrogens (tertiary/aromatic N) is 1. The lowest BCUT2D eigenvalue weighted by atomic mass is 10.1. The monoisotopic (exact) mass is 292 g/mol. The van der Waals surface area contributed by atoms with Gasteiger partial charge in [0.1, 0.15) is 11.5 Å². The van der Waals surface area contributed by atoms with Crippen LogP contribution in [0.25, 0.3) is 0 Å². The minimum Gasteiger partial charge on any atom is -0.508 e. The highest BCUT2D eigenvalue weighted by atomic mass is 16.5. The fourth-order valence-electron chi connectivity index (χ4n) is 3.21. The molecule has 2 fully saturated rings. The Kier molecular flexibility index (Phi) is 4.63. The quantitative estimate of drug-likeness (QED) is 0.858. The van der Waals surface area contributed by atoms with Crippen molar-refractivity contribution in [2.75, 3.05) is 33.4 Å². The van der Waals surface area contributed by atoms with Gasteiger partial charge in [-0.3, -0.25) is 4.90 Å². The average molecular weight is 292 g/mol. The number of hydrogen-bond donors (Lipinski definition) is 2. The van der Waals surface area contributed by atoms with E-state index in [0.717, 1.165) is 31.0 Å². The Hall–Kier alpha value is -1.30. The molecule has 5 heteroatoms. The molecule has 0 spiro atoms. The third kappa shape index (κ3) is 3.48. The maximum Gasteiger partial charge on any atom is 0.120 e. The first-order valence-electron chi connectivity index (χ1n) is 7.68. The molecule has 1 aromatic rings. The Balaban J connectivity index is 1.47. The van der Waals surface area contributed by atoms with Crippen LogP contribution in [0.5, 0.6) is 11.5 Å². The number of hydrogen-bond acceptors (Lipinski definition) is 5. The zero-order valence-electron chi connectivity index (χ0n) is 12.5. The first-order chi connectivity index (χ1) is 10.3.